The molecule has 0 bridgehead atoms. The quantitative estimate of drug-likeness (QED) is 0.164. The van der Waals surface area contributed by atoms with E-state index in [-0.39, 0.29) is 34.7 Å². The van der Waals surface area contributed by atoms with E-state index in [2.05, 4.69) is 71.5 Å². The van der Waals surface area contributed by atoms with Gasteiger partial charge in [-0.25, -0.2) is 14.4 Å². The molecule has 36 heavy (non-hydrogen) atoms. The van der Waals surface area contributed by atoms with Gasteiger partial charge in [0.2, 0.25) is 5.95 Å². The second-order valence-electron chi connectivity index (χ2n) is 10.9. The number of benzene rings is 1. The van der Waals surface area contributed by atoms with E-state index in [4.69, 9.17) is 10.9 Å². The summed E-state index contributed by atoms with van der Waals surface area (Å²) < 4.78 is 15.1. The number of nitrogens with zero attached hydrogens (tertiary/aromatic N) is 6. The molecule has 1 saturated carbocycles. The van der Waals surface area contributed by atoms with E-state index in [9.17, 15) is 5.26 Å². The maximum atomic E-state index is 15.1. The first-order valence-electron chi connectivity index (χ1n) is 12.0. The summed E-state index contributed by atoms with van der Waals surface area (Å²) in [6.45, 7) is 8.81. The molecule has 1 aliphatic carbocycles. The van der Waals surface area contributed by atoms with Gasteiger partial charge in [-0.3, -0.25) is 10.3 Å². The zero-order chi connectivity index (χ0) is 26.3. The standard InChI is InChI=1S/C25H33FN10/c1-24(2)10-17(11-25(3,4)35(24)5)31-22-16(12-27)13-30-23(33-22)32-20-9-21(36(14-28)34-29)18(8-19(20)26)15-6-7-15/h8-9,13-15,17,28-29H,6-7,10-11H2,1-5H3,(H2,30,31,32,33). The number of piperidine rings is 1. The minimum Gasteiger partial charge on any atom is -0.366 e. The summed E-state index contributed by atoms with van der Waals surface area (Å²) >= 11 is 0. The number of hydrogen-bond acceptors (Lipinski definition) is 9. The van der Waals surface area contributed by atoms with Crippen LogP contribution in [0.3, 0.4) is 0 Å². The topological polar surface area (TPSA) is 140 Å². The Morgan fingerprint density at radius 3 is 2.47 bits per heavy atom. The van der Waals surface area contributed by atoms with Gasteiger partial charge in [-0.2, -0.15) is 15.8 Å². The highest BCUT2D eigenvalue weighted by Crippen LogP contribution is 2.46. The Kier molecular flexibility index (Phi) is 6.66. The molecule has 2 aromatic rings. The van der Waals surface area contributed by atoms with Gasteiger partial charge in [0.1, 0.15) is 29.6 Å². The second kappa shape index (κ2) is 9.43. The Bertz CT molecular complexity index is 1190. The Balaban J connectivity index is 1.63. The van der Waals surface area contributed by atoms with Gasteiger partial charge in [0.05, 0.1) is 17.6 Å². The van der Waals surface area contributed by atoms with E-state index in [0.29, 0.717) is 22.6 Å². The molecule has 1 aromatic carbocycles. The first-order valence-corrected chi connectivity index (χ1v) is 12.0. The van der Waals surface area contributed by atoms with Crippen molar-refractivity contribution in [1.82, 2.24) is 14.9 Å². The maximum absolute atomic E-state index is 15.1. The van der Waals surface area contributed by atoms with Crippen molar-refractivity contribution in [2.45, 2.75) is 76.4 Å². The number of anilines is 4. The third kappa shape index (κ3) is 4.99. The number of likely N-dealkylation sites (tertiary alicyclic amines) is 1. The van der Waals surface area contributed by atoms with Crippen molar-refractivity contribution < 1.29 is 4.39 Å². The fourth-order valence-electron chi connectivity index (χ4n) is 5.17. The smallest absolute Gasteiger partial charge is 0.229 e. The van der Waals surface area contributed by atoms with Crippen LogP contribution >= 0.6 is 0 Å². The van der Waals surface area contributed by atoms with Crippen LogP contribution < -0.4 is 15.6 Å². The number of aromatic nitrogens is 2. The molecule has 0 spiro atoms. The van der Waals surface area contributed by atoms with Gasteiger partial charge in [-0.05, 0) is 84.0 Å². The Morgan fingerprint density at radius 1 is 1.25 bits per heavy atom. The summed E-state index contributed by atoms with van der Waals surface area (Å²) in [4.78, 5) is 11.1. The molecular weight excluding hydrogens is 459 g/mol. The minimum absolute atomic E-state index is 0.0488. The molecule has 0 unspecified atom stereocenters. The summed E-state index contributed by atoms with van der Waals surface area (Å²) in [5.74, 6) is 0.236. The molecule has 11 heteroatoms. The van der Waals surface area contributed by atoms with Crippen LogP contribution in [0, 0.1) is 28.1 Å². The lowest BCUT2D eigenvalue weighted by atomic mass is 9.77. The summed E-state index contributed by atoms with van der Waals surface area (Å²) in [6.07, 6.45) is 5.93. The van der Waals surface area contributed by atoms with Crippen molar-refractivity contribution in [3.05, 3.63) is 35.3 Å². The molecule has 4 rings (SSSR count). The zero-order valence-corrected chi connectivity index (χ0v) is 21.4. The SMILES string of the molecule is CN1C(C)(C)CC(Nc2nc(Nc3cc(N(C=N)N=N)c(C4CC4)cc3F)ncc2C#N)CC1(C)C. The summed E-state index contributed by atoms with van der Waals surface area (Å²) in [5, 5.41) is 28.0. The highest BCUT2D eigenvalue weighted by molar-refractivity contribution is 5.81. The molecule has 2 aliphatic rings. The second-order valence-corrected chi connectivity index (χ2v) is 10.9. The van der Waals surface area contributed by atoms with E-state index in [1.807, 2.05) is 0 Å². The van der Waals surface area contributed by atoms with Crippen molar-refractivity contribution >= 4 is 29.5 Å². The van der Waals surface area contributed by atoms with Crippen molar-refractivity contribution in [3.8, 4) is 6.07 Å². The molecule has 190 valence electrons. The summed E-state index contributed by atoms with van der Waals surface area (Å²) in [7, 11) is 2.13. The van der Waals surface area contributed by atoms with Gasteiger partial charge in [0.15, 0.2) is 0 Å². The predicted octanol–water partition coefficient (Wildman–Crippen LogP) is 5.53. The van der Waals surface area contributed by atoms with Crippen LogP contribution in [0.25, 0.3) is 0 Å². The fraction of sp³-hybridized carbons (Fsp3) is 0.520. The van der Waals surface area contributed by atoms with Crippen molar-refractivity contribution in [2.24, 2.45) is 5.22 Å². The van der Waals surface area contributed by atoms with Gasteiger partial charge in [0, 0.05) is 17.1 Å². The van der Waals surface area contributed by atoms with Crippen LogP contribution in [-0.4, -0.2) is 45.4 Å². The molecule has 1 aromatic heterocycles. The van der Waals surface area contributed by atoms with Crippen molar-refractivity contribution in [2.75, 3.05) is 22.7 Å². The number of hydrogen-bond donors (Lipinski definition) is 4. The monoisotopic (exact) mass is 492 g/mol. The average molecular weight is 493 g/mol. The van der Waals surface area contributed by atoms with E-state index in [1.54, 1.807) is 0 Å². The molecular formula is C25H33FN10. The summed E-state index contributed by atoms with van der Waals surface area (Å²) in [6, 6.07) is 5.16. The number of rotatable bonds is 8. The largest absolute Gasteiger partial charge is 0.366 e. The number of nitrogens with one attached hydrogen (secondary N) is 4. The molecule has 1 saturated heterocycles. The molecule has 4 N–H and O–H groups in total. The Labute approximate surface area is 210 Å². The van der Waals surface area contributed by atoms with E-state index in [1.165, 1.54) is 18.3 Å². The van der Waals surface area contributed by atoms with Crippen LogP contribution in [0.1, 0.15) is 70.4 Å². The third-order valence-corrected chi connectivity index (χ3v) is 7.41. The summed E-state index contributed by atoms with van der Waals surface area (Å²) in [5.41, 5.74) is 8.88. The van der Waals surface area contributed by atoms with Gasteiger partial charge in [-0.15, -0.1) is 0 Å². The normalized spacial score (nSPS) is 19.2. The number of nitriles is 1. The predicted molar refractivity (Wildman–Crippen MR) is 137 cm³/mol. The van der Waals surface area contributed by atoms with E-state index < -0.39 is 5.82 Å². The highest BCUT2D eigenvalue weighted by Gasteiger charge is 2.43. The van der Waals surface area contributed by atoms with Crippen LogP contribution in [0.4, 0.5) is 27.5 Å². The molecule has 2 fully saturated rings. The Hall–Kier alpha value is -3.65. The number of halogens is 1. The van der Waals surface area contributed by atoms with Gasteiger partial charge in [-0.1, -0.05) is 5.22 Å². The average Bonchev–Trinajstić information content (AvgIpc) is 3.65. The van der Waals surface area contributed by atoms with Crippen LogP contribution in [0.2, 0.25) is 0 Å². The van der Waals surface area contributed by atoms with Crippen LogP contribution in [-0.2, 0) is 0 Å². The lowest BCUT2D eigenvalue weighted by Gasteiger charge is -2.53. The molecule has 0 atom stereocenters. The van der Waals surface area contributed by atoms with E-state index in [0.717, 1.165) is 37.0 Å². The highest BCUT2D eigenvalue weighted by atomic mass is 19.1. The van der Waals surface area contributed by atoms with Gasteiger partial charge < -0.3 is 10.6 Å². The van der Waals surface area contributed by atoms with Gasteiger partial charge in [0.25, 0.3) is 0 Å². The molecule has 0 amide bonds. The fourth-order valence-corrected chi connectivity index (χ4v) is 5.17. The molecule has 1 aliphatic heterocycles. The van der Waals surface area contributed by atoms with Gasteiger partial charge >= 0.3 is 0 Å². The van der Waals surface area contributed by atoms with Crippen LogP contribution in [0.5, 0.6) is 0 Å². The molecule has 2 heterocycles. The first kappa shape index (κ1) is 25.4. The van der Waals surface area contributed by atoms with E-state index >= 15 is 4.39 Å². The Morgan fingerprint density at radius 2 is 1.92 bits per heavy atom. The third-order valence-electron chi connectivity index (χ3n) is 7.41. The maximum Gasteiger partial charge on any atom is 0.229 e. The van der Waals surface area contributed by atoms with Crippen molar-refractivity contribution in [1.29, 1.82) is 16.2 Å². The van der Waals surface area contributed by atoms with Crippen molar-refractivity contribution in [3.63, 3.8) is 0 Å². The molecule has 0 radical (unpaired) electrons. The lowest BCUT2D eigenvalue weighted by molar-refractivity contribution is -0.00773. The van der Waals surface area contributed by atoms with Crippen LogP contribution in [0.15, 0.2) is 23.6 Å². The zero-order valence-electron chi connectivity index (χ0n) is 21.4. The lowest BCUT2D eigenvalue weighted by Crippen LogP contribution is -2.61. The minimum atomic E-state index is -0.489. The first-order chi connectivity index (χ1) is 17.0. The molecule has 10 nitrogen and oxygen atoms in total.